The van der Waals surface area contributed by atoms with Gasteiger partial charge in [0.1, 0.15) is 11.5 Å². The summed E-state index contributed by atoms with van der Waals surface area (Å²) in [6, 6.07) is 9.55. The van der Waals surface area contributed by atoms with Crippen molar-refractivity contribution in [3.8, 4) is 0 Å². The van der Waals surface area contributed by atoms with Gasteiger partial charge in [0.2, 0.25) is 5.91 Å². The van der Waals surface area contributed by atoms with Gasteiger partial charge >= 0.3 is 5.69 Å². The molecular weight excluding hydrogens is 384 g/mol. The van der Waals surface area contributed by atoms with Gasteiger partial charge in [0, 0.05) is 20.1 Å². The molecule has 0 radical (unpaired) electrons. The van der Waals surface area contributed by atoms with Crippen LogP contribution in [0.2, 0.25) is 0 Å². The number of hydrogen-bond donors (Lipinski definition) is 3. The van der Waals surface area contributed by atoms with Gasteiger partial charge in [-0.05, 0) is 16.9 Å². The number of nitrogens with zero attached hydrogens (tertiary/aromatic N) is 1. The van der Waals surface area contributed by atoms with Gasteiger partial charge in [-0.2, -0.15) is 0 Å². The van der Waals surface area contributed by atoms with Gasteiger partial charge in [-0.25, -0.2) is 4.79 Å². The monoisotopic (exact) mass is 416 g/mol. The van der Waals surface area contributed by atoms with Crippen molar-refractivity contribution in [1.29, 1.82) is 0 Å². The average Bonchev–Trinajstić information content (AvgIpc) is 2.67. The Bertz CT molecular complexity index is 958. The molecule has 0 saturated carbocycles. The maximum Gasteiger partial charge on any atom is 0.330 e. The smallest absolute Gasteiger partial charge is 0.330 e. The number of benzene rings is 1. The molecule has 1 atom stereocenters. The highest BCUT2D eigenvalue weighted by Gasteiger charge is 2.24. The quantitative estimate of drug-likeness (QED) is 0.583. The van der Waals surface area contributed by atoms with E-state index in [1.807, 2.05) is 37.3 Å². The van der Waals surface area contributed by atoms with Gasteiger partial charge in [0.05, 0.1) is 13.2 Å². The third kappa shape index (κ3) is 6.32. The molecule has 1 aromatic heterocycles. The van der Waals surface area contributed by atoms with E-state index in [4.69, 9.17) is 4.74 Å². The van der Waals surface area contributed by atoms with Crippen LogP contribution in [0.25, 0.3) is 0 Å². The number of carbonyl (C=O) groups excluding carboxylic acids is 1. The zero-order valence-electron chi connectivity index (χ0n) is 18.4. The average molecular weight is 417 g/mol. The molecule has 0 aliphatic heterocycles. The fourth-order valence-electron chi connectivity index (χ4n) is 2.81. The molecule has 164 valence electrons. The summed E-state index contributed by atoms with van der Waals surface area (Å²) in [5, 5.41) is 5.87. The number of rotatable bonds is 9. The van der Waals surface area contributed by atoms with E-state index in [0.29, 0.717) is 6.54 Å². The molecule has 0 spiro atoms. The molecule has 3 N–H and O–H groups in total. The fourth-order valence-corrected chi connectivity index (χ4v) is 2.81. The van der Waals surface area contributed by atoms with Crippen LogP contribution >= 0.6 is 0 Å². The van der Waals surface area contributed by atoms with Crippen molar-refractivity contribution >= 4 is 17.4 Å². The number of carbonyl (C=O) groups is 1. The first-order valence-corrected chi connectivity index (χ1v) is 10.1. The second kappa shape index (κ2) is 10.2. The maximum absolute atomic E-state index is 12.7. The first kappa shape index (κ1) is 23.4. The Hall–Kier alpha value is -2.87. The number of anilines is 2. The molecule has 8 nitrogen and oxygen atoms in total. The highest BCUT2D eigenvalue weighted by Crippen LogP contribution is 2.28. The first-order chi connectivity index (χ1) is 14.1. The van der Waals surface area contributed by atoms with Gasteiger partial charge in [-0.15, -0.1) is 0 Å². The van der Waals surface area contributed by atoms with Crippen LogP contribution in [-0.2, 0) is 22.6 Å². The van der Waals surface area contributed by atoms with Crippen LogP contribution in [0.5, 0.6) is 0 Å². The Kier molecular flexibility index (Phi) is 8.00. The van der Waals surface area contributed by atoms with Crippen molar-refractivity contribution in [2.24, 2.45) is 11.3 Å². The van der Waals surface area contributed by atoms with Crippen LogP contribution < -0.4 is 21.9 Å². The summed E-state index contributed by atoms with van der Waals surface area (Å²) in [4.78, 5) is 40.0. The van der Waals surface area contributed by atoms with Gasteiger partial charge in [-0.1, -0.05) is 58.0 Å². The van der Waals surface area contributed by atoms with Gasteiger partial charge < -0.3 is 15.4 Å². The number of hydrogen-bond acceptors (Lipinski definition) is 5. The molecule has 0 saturated heterocycles. The Labute approximate surface area is 176 Å². The van der Waals surface area contributed by atoms with E-state index in [-0.39, 0.29) is 48.3 Å². The lowest BCUT2D eigenvalue weighted by atomic mass is 9.80. The second-order valence-electron chi connectivity index (χ2n) is 8.49. The highest BCUT2D eigenvalue weighted by atomic mass is 16.5. The third-order valence-corrected chi connectivity index (χ3v) is 5.26. The van der Waals surface area contributed by atoms with Gasteiger partial charge in [0.15, 0.2) is 0 Å². The van der Waals surface area contributed by atoms with E-state index in [1.54, 1.807) is 0 Å². The van der Waals surface area contributed by atoms with E-state index in [1.165, 1.54) is 11.7 Å². The third-order valence-electron chi connectivity index (χ3n) is 5.26. The van der Waals surface area contributed by atoms with Crippen molar-refractivity contribution in [2.75, 3.05) is 24.4 Å². The predicted molar refractivity (Wildman–Crippen MR) is 119 cm³/mol. The van der Waals surface area contributed by atoms with E-state index in [2.05, 4.69) is 36.4 Å². The number of aromatic nitrogens is 2. The number of methoxy groups -OCH3 is 1. The molecule has 0 aliphatic rings. The zero-order chi connectivity index (χ0) is 22.3. The molecule has 2 rings (SSSR count). The fraction of sp³-hybridized carbons (Fsp3) is 0.500. The summed E-state index contributed by atoms with van der Waals surface area (Å²) in [5.74, 6) is 0.0126. The lowest BCUT2D eigenvalue weighted by molar-refractivity contribution is -0.117. The Balaban J connectivity index is 2.38. The van der Waals surface area contributed by atoms with Crippen molar-refractivity contribution in [1.82, 2.24) is 9.55 Å². The molecular formula is C22H32N4O4. The molecule has 0 fully saturated rings. The first-order valence-electron chi connectivity index (χ1n) is 10.1. The van der Waals surface area contributed by atoms with E-state index >= 15 is 0 Å². The zero-order valence-corrected chi connectivity index (χ0v) is 18.4. The molecule has 0 bridgehead atoms. The van der Waals surface area contributed by atoms with Crippen molar-refractivity contribution in [2.45, 2.75) is 47.2 Å². The van der Waals surface area contributed by atoms with Crippen LogP contribution in [0.3, 0.4) is 0 Å². The minimum Gasteiger partial charge on any atom is -0.383 e. The lowest BCUT2D eigenvalue weighted by Crippen LogP contribution is -2.36. The molecule has 1 unspecified atom stereocenters. The molecule has 1 aromatic carbocycles. The number of H-pyrrole nitrogens is 1. The summed E-state index contributed by atoms with van der Waals surface area (Å²) in [5.41, 5.74) is -0.114. The Morgan fingerprint density at radius 2 is 1.87 bits per heavy atom. The molecule has 1 heterocycles. The largest absolute Gasteiger partial charge is 0.383 e. The molecule has 30 heavy (non-hydrogen) atoms. The van der Waals surface area contributed by atoms with Crippen LogP contribution in [0.4, 0.5) is 11.5 Å². The summed E-state index contributed by atoms with van der Waals surface area (Å²) in [6.07, 6.45) is 0.271. The molecule has 0 aliphatic carbocycles. The number of nitrogens with one attached hydrogen (secondary N) is 3. The summed E-state index contributed by atoms with van der Waals surface area (Å²) in [7, 11) is 1.52. The summed E-state index contributed by atoms with van der Waals surface area (Å²) < 4.78 is 6.40. The van der Waals surface area contributed by atoms with E-state index < -0.39 is 11.2 Å². The molecule has 2 aromatic rings. The number of amides is 1. The van der Waals surface area contributed by atoms with Crippen LogP contribution in [0.1, 0.15) is 39.7 Å². The van der Waals surface area contributed by atoms with E-state index in [9.17, 15) is 14.4 Å². The minimum atomic E-state index is -0.596. The SMILES string of the molecule is COCCn1c(NC(=O)CC(C)C(C)(C)C)c(NCc2ccccc2)c(=O)[nH]c1=O. The normalized spacial score (nSPS) is 12.4. The van der Waals surface area contributed by atoms with Crippen LogP contribution in [0.15, 0.2) is 39.9 Å². The maximum atomic E-state index is 12.7. The van der Waals surface area contributed by atoms with E-state index in [0.717, 1.165) is 5.56 Å². The Morgan fingerprint density at radius 3 is 2.47 bits per heavy atom. The predicted octanol–water partition coefficient (Wildman–Crippen LogP) is 2.81. The molecule has 8 heteroatoms. The minimum absolute atomic E-state index is 0.0460. The lowest BCUT2D eigenvalue weighted by Gasteiger charge is -2.27. The number of aromatic amines is 1. The topological polar surface area (TPSA) is 105 Å². The number of ether oxygens (including phenoxy) is 1. The van der Waals surface area contributed by atoms with Gasteiger partial charge in [0.25, 0.3) is 5.56 Å². The van der Waals surface area contributed by atoms with Crippen molar-refractivity contribution in [3.05, 3.63) is 56.7 Å². The van der Waals surface area contributed by atoms with Crippen LogP contribution in [-0.4, -0.2) is 29.2 Å². The Morgan fingerprint density at radius 1 is 1.20 bits per heavy atom. The van der Waals surface area contributed by atoms with Crippen molar-refractivity contribution < 1.29 is 9.53 Å². The summed E-state index contributed by atoms with van der Waals surface area (Å²) in [6.45, 7) is 9.03. The van der Waals surface area contributed by atoms with Crippen LogP contribution in [0, 0.1) is 11.3 Å². The molecule has 1 amide bonds. The van der Waals surface area contributed by atoms with Gasteiger partial charge in [-0.3, -0.25) is 19.1 Å². The summed E-state index contributed by atoms with van der Waals surface area (Å²) >= 11 is 0. The highest BCUT2D eigenvalue weighted by molar-refractivity contribution is 5.93. The van der Waals surface area contributed by atoms with Crippen molar-refractivity contribution in [3.63, 3.8) is 0 Å². The standard InChI is InChI=1S/C22H32N4O4/c1-15(22(2,3)4)13-17(27)24-19-18(23-14-16-9-7-6-8-10-16)20(28)25-21(29)26(19)11-12-30-5/h6-10,15,23H,11-14H2,1-5H3,(H,24,27)(H,25,28,29). The second-order valence-corrected chi connectivity index (χ2v) is 8.49.